The van der Waals surface area contributed by atoms with Crippen LogP contribution in [0.2, 0.25) is 0 Å². The molecule has 0 aliphatic heterocycles. The molecule has 0 aliphatic carbocycles. The number of aromatic nitrogens is 1. The van der Waals surface area contributed by atoms with E-state index in [1.165, 1.54) is 0 Å². The first-order valence-electron chi connectivity index (χ1n) is 4.13. The number of aryl methyl sites for hydroxylation is 1. The molecule has 1 rings (SSSR count). The Labute approximate surface area is 87.3 Å². The molecule has 0 aromatic carbocycles. The van der Waals surface area contributed by atoms with E-state index in [9.17, 15) is 4.57 Å². The van der Waals surface area contributed by atoms with Crippen molar-refractivity contribution in [2.24, 2.45) is 0 Å². The van der Waals surface area contributed by atoms with Gasteiger partial charge in [0.05, 0.1) is 7.14 Å². The van der Waals surface area contributed by atoms with E-state index >= 15 is 0 Å². The lowest BCUT2D eigenvalue weighted by atomic mass is 10.3. The van der Waals surface area contributed by atoms with Crippen LogP contribution in [0.15, 0.2) is 22.8 Å². The average molecular weight is 262 g/mol. The van der Waals surface area contributed by atoms with Crippen molar-refractivity contribution >= 4 is 23.1 Å². The van der Waals surface area contributed by atoms with E-state index in [1.54, 1.807) is 0 Å². The SMILES string of the molecule is CP(C)(=O)CCc1cccc(Br)n1. The molecule has 0 fully saturated rings. The first kappa shape index (κ1) is 10.9. The van der Waals surface area contributed by atoms with Gasteiger partial charge in [0.15, 0.2) is 0 Å². The molecule has 0 spiro atoms. The highest BCUT2D eigenvalue weighted by Crippen LogP contribution is 2.36. The highest BCUT2D eigenvalue weighted by molar-refractivity contribution is 9.10. The van der Waals surface area contributed by atoms with Crippen molar-refractivity contribution in [3.8, 4) is 0 Å². The Morgan fingerprint density at radius 3 is 2.69 bits per heavy atom. The summed E-state index contributed by atoms with van der Waals surface area (Å²) in [5.41, 5.74) is 0.998. The summed E-state index contributed by atoms with van der Waals surface area (Å²) >= 11 is 3.30. The quantitative estimate of drug-likeness (QED) is 0.619. The molecule has 13 heavy (non-hydrogen) atoms. The van der Waals surface area contributed by atoms with Gasteiger partial charge >= 0.3 is 0 Å². The first-order chi connectivity index (χ1) is 5.97. The molecule has 0 bridgehead atoms. The Hall–Kier alpha value is -0.140. The zero-order valence-corrected chi connectivity index (χ0v) is 10.3. The van der Waals surface area contributed by atoms with Crippen LogP contribution in [-0.2, 0) is 11.0 Å². The Bertz CT molecular complexity index is 334. The molecule has 0 atom stereocenters. The average Bonchev–Trinajstić information content (AvgIpc) is 2.00. The van der Waals surface area contributed by atoms with E-state index in [1.807, 2.05) is 31.5 Å². The minimum absolute atomic E-state index is 0.733. The Kier molecular flexibility index (Phi) is 3.69. The highest BCUT2D eigenvalue weighted by Gasteiger charge is 2.07. The highest BCUT2D eigenvalue weighted by atomic mass is 79.9. The lowest BCUT2D eigenvalue weighted by Crippen LogP contribution is -1.95. The maximum atomic E-state index is 11.4. The van der Waals surface area contributed by atoms with E-state index in [4.69, 9.17) is 0 Å². The summed E-state index contributed by atoms with van der Waals surface area (Å²) in [5, 5.41) is 0. The van der Waals surface area contributed by atoms with Crippen LogP contribution in [-0.4, -0.2) is 24.5 Å². The lowest BCUT2D eigenvalue weighted by Gasteiger charge is -2.05. The van der Waals surface area contributed by atoms with Gasteiger partial charge in [0, 0.05) is 11.9 Å². The van der Waals surface area contributed by atoms with Crippen LogP contribution >= 0.6 is 23.1 Å². The van der Waals surface area contributed by atoms with Gasteiger partial charge in [0.2, 0.25) is 0 Å². The fraction of sp³-hybridized carbons (Fsp3) is 0.444. The van der Waals surface area contributed by atoms with Crippen LogP contribution in [0.1, 0.15) is 5.69 Å². The van der Waals surface area contributed by atoms with E-state index in [0.717, 1.165) is 22.9 Å². The Morgan fingerprint density at radius 2 is 2.15 bits per heavy atom. The molecule has 2 nitrogen and oxygen atoms in total. The number of hydrogen-bond acceptors (Lipinski definition) is 2. The third kappa shape index (κ3) is 4.58. The summed E-state index contributed by atoms with van der Waals surface area (Å²) < 4.78 is 12.3. The van der Waals surface area contributed by atoms with Crippen molar-refractivity contribution in [2.75, 3.05) is 19.5 Å². The third-order valence-corrected chi connectivity index (χ3v) is 3.42. The second-order valence-corrected chi connectivity index (χ2v) is 7.91. The van der Waals surface area contributed by atoms with Gasteiger partial charge in [-0.15, -0.1) is 0 Å². The predicted molar refractivity (Wildman–Crippen MR) is 60.0 cm³/mol. The summed E-state index contributed by atoms with van der Waals surface area (Å²) in [6, 6.07) is 5.80. The van der Waals surface area contributed by atoms with Gasteiger partial charge in [0.25, 0.3) is 0 Å². The summed E-state index contributed by atoms with van der Waals surface area (Å²) in [6.07, 6.45) is 1.53. The smallest absolute Gasteiger partial charge is 0.106 e. The molecule has 1 heterocycles. The molecule has 0 radical (unpaired) electrons. The normalized spacial score (nSPS) is 11.6. The fourth-order valence-corrected chi connectivity index (χ4v) is 2.12. The maximum Gasteiger partial charge on any atom is 0.106 e. The minimum Gasteiger partial charge on any atom is -0.324 e. The van der Waals surface area contributed by atoms with Gasteiger partial charge in [-0.1, -0.05) is 6.07 Å². The summed E-state index contributed by atoms with van der Waals surface area (Å²) in [6.45, 7) is 3.62. The molecule has 0 saturated carbocycles. The van der Waals surface area contributed by atoms with Crippen molar-refractivity contribution < 1.29 is 4.57 Å². The van der Waals surface area contributed by atoms with Crippen molar-refractivity contribution in [3.05, 3.63) is 28.5 Å². The molecular formula is C9H13BrNOP. The summed E-state index contributed by atoms with van der Waals surface area (Å²) in [7, 11) is -1.90. The van der Waals surface area contributed by atoms with Crippen LogP contribution < -0.4 is 0 Å². The third-order valence-electron chi connectivity index (χ3n) is 1.68. The van der Waals surface area contributed by atoms with Gasteiger partial charge in [-0.05, 0) is 47.8 Å². The van der Waals surface area contributed by atoms with Gasteiger partial charge in [-0.2, -0.15) is 0 Å². The molecule has 0 N–H and O–H groups in total. The van der Waals surface area contributed by atoms with Crippen LogP contribution in [0.5, 0.6) is 0 Å². The summed E-state index contributed by atoms with van der Waals surface area (Å²) in [4.78, 5) is 4.27. The predicted octanol–water partition coefficient (Wildman–Crippen LogP) is 3.01. The monoisotopic (exact) mass is 261 g/mol. The zero-order chi connectivity index (χ0) is 9.90. The van der Waals surface area contributed by atoms with Crippen LogP contribution in [0.25, 0.3) is 0 Å². The van der Waals surface area contributed by atoms with E-state index in [0.29, 0.717) is 0 Å². The molecule has 1 aromatic rings. The molecule has 1 aromatic heterocycles. The van der Waals surface area contributed by atoms with Crippen LogP contribution in [0.4, 0.5) is 0 Å². The van der Waals surface area contributed by atoms with Gasteiger partial charge < -0.3 is 4.57 Å². The van der Waals surface area contributed by atoms with E-state index in [-0.39, 0.29) is 0 Å². The molecule has 4 heteroatoms. The largest absolute Gasteiger partial charge is 0.324 e. The molecular weight excluding hydrogens is 249 g/mol. The topological polar surface area (TPSA) is 30.0 Å². The van der Waals surface area contributed by atoms with Crippen LogP contribution in [0.3, 0.4) is 0 Å². The first-order valence-corrected chi connectivity index (χ1v) is 7.71. The standard InChI is InChI=1S/C9H13BrNOP/c1-13(2,12)7-6-8-4-3-5-9(10)11-8/h3-5H,6-7H2,1-2H3. The van der Waals surface area contributed by atoms with Gasteiger partial charge in [0.1, 0.15) is 4.60 Å². The number of pyridine rings is 1. The van der Waals surface area contributed by atoms with E-state index in [2.05, 4.69) is 20.9 Å². The van der Waals surface area contributed by atoms with Crippen molar-refractivity contribution in [3.63, 3.8) is 0 Å². The second kappa shape index (κ2) is 4.39. The zero-order valence-electron chi connectivity index (χ0n) is 7.83. The number of halogens is 1. The molecule has 0 amide bonds. The Morgan fingerprint density at radius 1 is 1.46 bits per heavy atom. The van der Waals surface area contributed by atoms with Crippen molar-refractivity contribution in [2.45, 2.75) is 6.42 Å². The van der Waals surface area contributed by atoms with Gasteiger partial charge in [-0.25, -0.2) is 4.98 Å². The molecule has 0 saturated heterocycles. The summed E-state index contributed by atoms with van der Waals surface area (Å²) in [5.74, 6) is 0. The molecule has 0 unspecified atom stereocenters. The number of hydrogen-bond donors (Lipinski definition) is 0. The maximum absolute atomic E-state index is 11.4. The number of rotatable bonds is 3. The van der Waals surface area contributed by atoms with Crippen LogP contribution in [0, 0.1) is 0 Å². The van der Waals surface area contributed by atoms with Crippen molar-refractivity contribution in [1.82, 2.24) is 4.98 Å². The molecule has 72 valence electrons. The Balaban J connectivity index is 2.60. The van der Waals surface area contributed by atoms with Gasteiger partial charge in [-0.3, -0.25) is 0 Å². The number of nitrogens with zero attached hydrogens (tertiary/aromatic N) is 1. The fourth-order valence-electron chi connectivity index (χ4n) is 0.973. The molecule has 0 aliphatic rings. The lowest BCUT2D eigenvalue weighted by molar-refractivity contribution is 0.581. The van der Waals surface area contributed by atoms with E-state index < -0.39 is 7.14 Å². The minimum atomic E-state index is -1.90. The second-order valence-electron chi connectivity index (χ2n) is 3.50. The van der Waals surface area contributed by atoms with Crippen molar-refractivity contribution in [1.29, 1.82) is 0 Å².